The zero-order chi connectivity index (χ0) is 17.9. The topological polar surface area (TPSA) is 72.2 Å². The van der Waals surface area contributed by atoms with E-state index >= 15 is 0 Å². The van der Waals surface area contributed by atoms with Crippen molar-refractivity contribution in [1.29, 1.82) is 0 Å². The maximum atomic E-state index is 12.7. The molecule has 0 radical (unpaired) electrons. The van der Waals surface area contributed by atoms with E-state index in [1.54, 1.807) is 6.92 Å². The molecule has 0 aromatic heterocycles. The van der Waals surface area contributed by atoms with Crippen LogP contribution in [0.5, 0.6) is 0 Å². The highest BCUT2D eigenvalue weighted by atomic mass is 19.4. The molecule has 5 nitrogen and oxygen atoms in total. The lowest BCUT2D eigenvalue weighted by Gasteiger charge is -2.16. The summed E-state index contributed by atoms with van der Waals surface area (Å²) in [6, 6.07) is 8.96. The number of hydrogen-bond donors (Lipinski definition) is 1. The Morgan fingerprint density at radius 3 is 2.33 bits per heavy atom. The molecule has 126 valence electrons. The second-order valence-corrected chi connectivity index (χ2v) is 5.12. The summed E-state index contributed by atoms with van der Waals surface area (Å²) in [6.07, 6.45) is -4.46. The number of carbonyl (C=O) groups is 1. The molecule has 0 heterocycles. The fraction of sp³-hybridized carbons (Fsp3) is 0.188. The van der Waals surface area contributed by atoms with Crippen LogP contribution in [0.15, 0.2) is 48.5 Å². The van der Waals surface area contributed by atoms with Crippen LogP contribution in [0.3, 0.4) is 0 Å². The Labute approximate surface area is 135 Å². The molecule has 0 saturated carbocycles. The average molecular weight is 338 g/mol. The van der Waals surface area contributed by atoms with E-state index in [0.29, 0.717) is 5.56 Å². The Balaban J connectivity index is 2.12. The van der Waals surface area contributed by atoms with Crippen molar-refractivity contribution in [2.75, 3.05) is 0 Å². The molecule has 1 atom stereocenters. The quantitative estimate of drug-likeness (QED) is 0.674. The van der Waals surface area contributed by atoms with Gasteiger partial charge in [-0.15, -0.1) is 0 Å². The summed E-state index contributed by atoms with van der Waals surface area (Å²) in [4.78, 5) is 22.1. The monoisotopic (exact) mass is 338 g/mol. The summed E-state index contributed by atoms with van der Waals surface area (Å²) in [6.45, 7) is 1.55. The van der Waals surface area contributed by atoms with Gasteiger partial charge in [0.15, 0.2) is 0 Å². The van der Waals surface area contributed by atoms with E-state index in [1.807, 2.05) is 0 Å². The minimum absolute atomic E-state index is 0.155. The summed E-state index contributed by atoms with van der Waals surface area (Å²) < 4.78 is 38.2. The van der Waals surface area contributed by atoms with E-state index in [2.05, 4.69) is 5.32 Å². The number of rotatable bonds is 4. The summed E-state index contributed by atoms with van der Waals surface area (Å²) >= 11 is 0. The molecule has 1 N–H and O–H groups in total. The van der Waals surface area contributed by atoms with Gasteiger partial charge in [0.05, 0.1) is 16.5 Å². The SMILES string of the molecule is CC(NC(=O)c1ccc([N+](=O)[O-])cc1)c1cccc(C(F)(F)F)c1. The van der Waals surface area contributed by atoms with Gasteiger partial charge in [-0.05, 0) is 36.8 Å². The predicted molar refractivity (Wildman–Crippen MR) is 80.4 cm³/mol. The highest BCUT2D eigenvalue weighted by molar-refractivity contribution is 5.94. The second kappa shape index (κ2) is 6.69. The van der Waals surface area contributed by atoms with E-state index in [1.165, 1.54) is 36.4 Å². The molecule has 0 fully saturated rings. The number of benzene rings is 2. The lowest BCUT2D eigenvalue weighted by Crippen LogP contribution is -2.26. The maximum Gasteiger partial charge on any atom is 0.416 e. The number of carbonyl (C=O) groups excluding carboxylic acids is 1. The average Bonchev–Trinajstić information content (AvgIpc) is 2.54. The summed E-state index contributed by atoms with van der Waals surface area (Å²) in [7, 11) is 0. The molecule has 2 rings (SSSR count). The third-order valence-corrected chi connectivity index (χ3v) is 3.40. The predicted octanol–water partition coefficient (Wildman–Crippen LogP) is 4.10. The molecular formula is C16H13F3N2O3. The van der Waals surface area contributed by atoms with E-state index in [0.717, 1.165) is 12.1 Å². The number of non-ortho nitro benzene ring substituents is 1. The van der Waals surface area contributed by atoms with Crippen molar-refractivity contribution in [3.8, 4) is 0 Å². The standard InChI is InChI=1S/C16H13F3N2O3/c1-10(12-3-2-4-13(9-12)16(17,18)19)20-15(22)11-5-7-14(8-6-11)21(23)24/h2-10H,1H3,(H,20,22). The van der Waals surface area contributed by atoms with Crippen molar-refractivity contribution in [3.05, 3.63) is 75.3 Å². The van der Waals surface area contributed by atoms with Gasteiger partial charge in [0.2, 0.25) is 0 Å². The Kier molecular flexibility index (Phi) is 4.87. The molecular weight excluding hydrogens is 325 g/mol. The number of nitro benzene ring substituents is 1. The van der Waals surface area contributed by atoms with Gasteiger partial charge >= 0.3 is 6.18 Å². The number of nitro groups is 1. The zero-order valence-electron chi connectivity index (χ0n) is 12.5. The largest absolute Gasteiger partial charge is 0.416 e. The van der Waals surface area contributed by atoms with Gasteiger partial charge in [0, 0.05) is 17.7 Å². The van der Waals surface area contributed by atoms with Gasteiger partial charge in [-0.1, -0.05) is 12.1 Å². The van der Waals surface area contributed by atoms with E-state index in [9.17, 15) is 28.1 Å². The fourth-order valence-corrected chi connectivity index (χ4v) is 2.08. The summed E-state index contributed by atoms with van der Waals surface area (Å²) in [5, 5.41) is 13.1. The molecule has 1 amide bonds. The highest BCUT2D eigenvalue weighted by Gasteiger charge is 2.30. The van der Waals surface area contributed by atoms with Crippen LogP contribution in [-0.4, -0.2) is 10.8 Å². The van der Waals surface area contributed by atoms with Gasteiger partial charge < -0.3 is 5.32 Å². The van der Waals surface area contributed by atoms with Gasteiger partial charge in [0.25, 0.3) is 11.6 Å². The van der Waals surface area contributed by atoms with E-state index in [-0.39, 0.29) is 11.3 Å². The summed E-state index contributed by atoms with van der Waals surface area (Å²) in [5.74, 6) is -0.533. The molecule has 24 heavy (non-hydrogen) atoms. The van der Waals surface area contributed by atoms with Crippen LogP contribution in [0.25, 0.3) is 0 Å². The number of amides is 1. The first-order chi connectivity index (χ1) is 11.2. The number of halogens is 3. The van der Waals surface area contributed by atoms with Gasteiger partial charge in [-0.2, -0.15) is 13.2 Å². The number of nitrogens with one attached hydrogen (secondary N) is 1. The van der Waals surface area contributed by atoms with Crippen molar-refractivity contribution in [3.63, 3.8) is 0 Å². The minimum Gasteiger partial charge on any atom is -0.346 e. The first-order valence-corrected chi connectivity index (χ1v) is 6.91. The molecule has 0 saturated heterocycles. The minimum atomic E-state index is -4.46. The Hall–Kier alpha value is -2.90. The lowest BCUT2D eigenvalue weighted by molar-refractivity contribution is -0.384. The molecule has 0 bridgehead atoms. The molecule has 2 aromatic rings. The normalized spacial score (nSPS) is 12.5. The summed E-state index contributed by atoms with van der Waals surface area (Å²) in [5.41, 5.74) is -0.464. The first-order valence-electron chi connectivity index (χ1n) is 6.91. The van der Waals surface area contributed by atoms with Crippen molar-refractivity contribution in [2.24, 2.45) is 0 Å². The van der Waals surface area contributed by atoms with E-state index < -0.39 is 28.6 Å². The van der Waals surface area contributed by atoms with Crippen molar-refractivity contribution < 1.29 is 22.9 Å². The van der Waals surface area contributed by atoms with Crippen LogP contribution < -0.4 is 5.32 Å². The molecule has 2 aromatic carbocycles. The molecule has 0 aliphatic carbocycles. The van der Waals surface area contributed by atoms with Crippen LogP contribution in [0.4, 0.5) is 18.9 Å². The maximum absolute atomic E-state index is 12.7. The lowest BCUT2D eigenvalue weighted by atomic mass is 10.0. The highest BCUT2D eigenvalue weighted by Crippen LogP contribution is 2.30. The van der Waals surface area contributed by atoms with Crippen LogP contribution in [0.2, 0.25) is 0 Å². The van der Waals surface area contributed by atoms with Crippen molar-refractivity contribution in [1.82, 2.24) is 5.32 Å². The number of nitrogens with zero attached hydrogens (tertiary/aromatic N) is 1. The molecule has 0 aliphatic rings. The number of hydrogen-bond acceptors (Lipinski definition) is 3. The molecule has 0 aliphatic heterocycles. The van der Waals surface area contributed by atoms with Gasteiger partial charge in [-0.3, -0.25) is 14.9 Å². The Bertz CT molecular complexity index is 758. The van der Waals surface area contributed by atoms with E-state index in [4.69, 9.17) is 0 Å². The van der Waals surface area contributed by atoms with Crippen molar-refractivity contribution >= 4 is 11.6 Å². The first kappa shape index (κ1) is 17.5. The third-order valence-electron chi connectivity index (χ3n) is 3.40. The zero-order valence-corrected chi connectivity index (χ0v) is 12.5. The Morgan fingerprint density at radius 1 is 1.17 bits per heavy atom. The molecule has 0 spiro atoms. The fourth-order valence-electron chi connectivity index (χ4n) is 2.08. The second-order valence-electron chi connectivity index (χ2n) is 5.12. The van der Waals surface area contributed by atoms with Crippen molar-refractivity contribution in [2.45, 2.75) is 19.1 Å². The van der Waals surface area contributed by atoms with Crippen LogP contribution in [0.1, 0.15) is 34.5 Å². The van der Waals surface area contributed by atoms with Gasteiger partial charge in [0.1, 0.15) is 0 Å². The Morgan fingerprint density at radius 2 is 1.79 bits per heavy atom. The molecule has 1 unspecified atom stereocenters. The third kappa shape index (κ3) is 4.09. The van der Waals surface area contributed by atoms with Crippen LogP contribution >= 0.6 is 0 Å². The van der Waals surface area contributed by atoms with Crippen LogP contribution in [0, 0.1) is 10.1 Å². The molecule has 8 heteroatoms. The smallest absolute Gasteiger partial charge is 0.346 e. The number of alkyl halides is 3. The van der Waals surface area contributed by atoms with Gasteiger partial charge in [-0.25, -0.2) is 0 Å². The van der Waals surface area contributed by atoms with Crippen LogP contribution in [-0.2, 0) is 6.18 Å².